The minimum Gasteiger partial charge on any atom is -0.493 e. The molecule has 2 N–H and O–H groups in total. The van der Waals surface area contributed by atoms with Gasteiger partial charge < -0.3 is 24.8 Å². The zero-order valence-electron chi connectivity index (χ0n) is 24.5. The SMILES string of the molecule is C#CCC.C/C=N\N1C=CC(Oc2ccc(Nc3ncnc4cc(OC)c(NCCOCC5CS5)nc34)cc2C)=CC1. The molecular weight excluding hydrogens is 550 g/mol. The summed E-state index contributed by atoms with van der Waals surface area (Å²) < 4.78 is 17.4. The van der Waals surface area contributed by atoms with Gasteiger partial charge in [0.1, 0.15) is 23.4 Å². The van der Waals surface area contributed by atoms with Crippen molar-refractivity contribution in [2.24, 2.45) is 5.10 Å². The van der Waals surface area contributed by atoms with Gasteiger partial charge in [-0.1, -0.05) is 6.92 Å². The summed E-state index contributed by atoms with van der Waals surface area (Å²) in [6.45, 7) is 8.52. The fraction of sp³-hybridized carbons (Fsp3) is 0.355. The number of hydrogen-bond donors (Lipinski definition) is 2. The molecule has 2 aromatic heterocycles. The Kier molecular flexibility index (Phi) is 11.4. The Morgan fingerprint density at radius 3 is 2.74 bits per heavy atom. The topological polar surface area (TPSA) is 106 Å². The van der Waals surface area contributed by atoms with Crippen LogP contribution in [0, 0.1) is 19.3 Å². The maximum atomic E-state index is 6.10. The Hall–Kier alpha value is -4.27. The van der Waals surface area contributed by atoms with Crippen molar-refractivity contribution in [3.05, 3.63) is 60.3 Å². The van der Waals surface area contributed by atoms with Crippen LogP contribution in [0.3, 0.4) is 0 Å². The molecule has 3 aromatic rings. The molecule has 220 valence electrons. The van der Waals surface area contributed by atoms with Crippen LogP contribution in [0.4, 0.5) is 17.3 Å². The van der Waals surface area contributed by atoms with E-state index in [1.807, 2.05) is 80.2 Å². The van der Waals surface area contributed by atoms with E-state index in [4.69, 9.17) is 25.6 Å². The largest absolute Gasteiger partial charge is 0.493 e. The van der Waals surface area contributed by atoms with E-state index in [2.05, 4.69) is 31.6 Å². The van der Waals surface area contributed by atoms with Gasteiger partial charge in [-0.25, -0.2) is 15.0 Å². The number of hydrazone groups is 1. The molecule has 2 aliphatic rings. The van der Waals surface area contributed by atoms with Gasteiger partial charge in [0, 0.05) is 48.1 Å². The number of aromatic nitrogens is 3. The number of aryl methyl sites for hydroxylation is 1. The summed E-state index contributed by atoms with van der Waals surface area (Å²) in [6.07, 6.45) is 14.7. The average molecular weight is 588 g/mol. The van der Waals surface area contributed by atoms with Crippen molar-refractivity contribution in [3.8, 4) is 23.8 Å². The Bertz CT molecular complexity index is 1480. The van der Waals surface area contributed by atoms with Crippen LogP contribution in [0.25, 0.3) is 11.0 Å². The molecule has 1 aromatic carbocycles. The van der Waals surface area contributed by atoms with Crippen molar-refractivity contribution in [1.82, 2.24) is 20.0 Å². The highest BCUT2D eigenvalue weighted by molar-refractivity contribution is 8.06. The quantitative estimate of drug-likeness (QED) is 0.118. The lowest BCUT2D eigenvalue weighted by Crippen LogP contribution is -2.14. The van der Waals surface area contributed by atoms with Gasteiger partial charge in [-0.3, -0.25) is 5.01 Å². The number of nitrogens with one attached hydrogen (secondary N) is 2. The van der Waals surface area contributed by atoms with Gasteiger partial charge in [0.2, 0.25) is 0 Å². The zero-order chi connectivity index (χ0) is 29.7. The molecule has 5 rings (SSSR count). The molecule has 0 radical (unpaired) electrons. The average Bonchev–Trinajstić information content (AvgIpc) is 3.84. The van der Waals surface area contributed by atoms with Crippen molar-refractivity contribution in [2.45, 2.75) is 32.4 Å². The van der Waals surface area contributed by atoms with Crippen molar-refractivity contribution in [2.75, 3.05) is 49.8 Å². The Morgan fingerprint density at radius 1 is 1.24 bits per heavy atom. The van der Waals surface area contributed by atoms with Crippen LogP contribution < -0.4 is 20.1 Å². The first-order valence-electron chi connectivity index (χ1n) is 13.8. The van der Waals surface area contributed by atoms with Crippen LogP contribution in [-0.2, 0) is 4.74 Å². The number of pyridine rings is 1. The predicted octanol–water partition coefficient (Wildman–Crippen LogP) is 5.76. The lowest BCUT2D eigenvalue weighted by molar-refractivity contribution is 0.152. The number of anilines is 3. The van der Waals surface area contributed by atoms with E-state index >= 15 is 0 Å². The summed E-state index contributed by atoms with van der Waals surface area (Å²) in [7, 11) is 1.62. The Balaban J connectivity index is 0.000000952. The first kappa shape index (κ1) is 30.7. The minimum absolute atomic E-state index is 0.599. The number of methoxy groups -OCH3 is 1. The molecule has 10 nitrogen and oxygen atoms in total. The number of allylic oxidation sites excluding steroid dienone is 1. The summed E-state index contributed by atoms with van der Waals surface area (Å²) in [5.41, 5.74) is 3.17. The van der Waals surface area contributed by atoms with E-state index in [1.165, 1.54) is 12.1 Å². The summed E-state index contributed by atoms with van der Waals surface area (Å²) in [5.74, 6) is 7.04. The second-order valence-corrected chi connectivity index (χ2v) is 10.6. The van der Waals surface area contributed by atoms with Crippen molar-refractivity contribution in [1.29, 1.82) is 0 Å². The molecule has 1 unspecified atom stereocenters. The smallest absolute Gasteiger partial charge is 0.169 e. The van der Waals surface area contributed by atoms with Gasteiger partial charge >= 0.3 is 0 Å². The maximum Gasteiger partial charge on any atom is 0.169 e. The van der Waals surface area contributed by atoms with E-state index in [0.29, 0.717) is 53.4 Å². The molecule has 1 fully saturated rings. The molecule has 0 aliphatic carbocycles. The lowest BCUT2D eigenvalue weighted by atomic mass is 10.2. The number of fused-ring (bicyclic) bond motifs is 1. The van der Waals surface area contributed by atoms with E-state index in [-0.39, 0.29) is 0 Å². The molecule has 42 heavy (non-hydrogen) atoms. The second kappa shape index (κ2) is 15.7. The highest BCUT2D eigenvalue weighted by Gasteiger charge is 2.22. The van der Waals surface area contributed by atoms with Crippen LogP contribution in [0.2, 0.25) is 0 Å². The van der Waals surface area contributed by atoms with Crippen LogP contribution >= 0.6 is 11.8 Å². The lowest BCUT2D eigenvalue weighted by Gasteiger charge is -2.18. The van der Waals surface area contributed by atoms with Crippen LogP contribution in [0.1, 0.15) is 25.8 Å². The van der Waals surface area contributed by atoms with E-state index in [0.717, 1.165) is 35.8 Å². The summed E-state index contributed by atoms with van der Waals surface area (Å²) >= 11 is 1.93. The number of nitrogens with zero attached hydrogens (tertiary/aromatic N) is 5. The van der Waals surface area contributed by atoms with Crippen molar-refractivity contribution < 1.29 is 14.2 Å². The molecule has 0 bridgehead atoms. The molecule has 11 heteroatoms. The Morgan fingerprint density at radius 2 is 2.07 bits per heavy atom. The molecule has 1 saturated heterocycles. The number of hydrogen-bond acceptors (Lipinski definition) is 11. The van der Waals surface area contributed by atoms with E-state index in [9.17, 15) is 0 Å². The van der Waals surface area contributed by atoms with Gasteiger partial charge in [0.15, 0.2) is 17.4 Å². The maximum absolute atomic E-state index is 6.10. The standard InChI is InChI=1S/C27H31N7O3S.C4H6/c1-4-31-34-10-7-20(8-11-34)37-23-6-5-19(13-18(23)2)32-27-25-22(29-17-30-27)14-24(35-3)26(33-25)28-9-12-36-15-21-16-38-21;1-3-4-2/h4-8,10,13-14,17,21H,9,11-12,15-16H2,1-3H3,(H,28,33)(H,29,30,32);1H,4H2,2H3/b31-4-;. The highest BCUT2D eigenvalue weighted by Crippen LogP contribution is 2.32. The second-order valence-electron chi connectivity index (χ2n) is 9.27. The third kappa shape index (κ3) is 8.86. The number of thioether (sulfide) groups is 1. The molecule has 0 spiro atoms. The van der Waals surface area contributed by atoms with Crippen LogP contribution in [-0.4, -0.2) is 70.6 Å². The third-order valence-corrected chi connectivity index (χ3v) is 7.00. The van der Waals surface area contributed by atoms with E-state index in [1.54, 1.807) is 13.3 Å². The summed E-state index contributed by atoms with van der Waals surface area (Å²) in [4.78, 5) is 13.6. The predicted molar refractivity (Wildman–Crippen MR) is 172 cm³/mol. The third-order valence-electron chi connectivity index (χ3n) is 6.06. The van der Waals surface area contributed by atoms with E-state index < -0.39 is 0 Å². The van der Waals surface area contributed by atoms with Gasteiger partial charge in [0.05, 0.1) is 32.4 Å². The highest BCUT2D eigenvalue weighted by atomic mass is 32.2. The van der Waals surface area contributed by atoms with Crippen molar-refractivity contribution >= 4 is 46.3 Å². The summed E-state index contributed by atoms with van der Waals surface area (Å²) in [5, 5.41) is 13.4. The van der Waals surface area contributed by atoms with Crippen LogP contribution in [0.5, 0.6) is 11.5 Å². The molecule has 1 atom stereocenters. The number of rotatable bonds is 12. The first-order chi connectivity index (χ1) is 20.5. The molecular formula is C31H37N7O3S. The summed E-state index contributed by atoms with van der Waals surface area (Å²) in [6, 6.07) is 7.77. The number of ether oxygens (including phenoxy) is 3. The number of benzene rings is 1. The minimum atomic E-state index is 0.599. The normalized spacial score (nSPS) is 15.5. The van der Waals surface area contributed by atoms with Gasteiger partial charge in [0.25, 0.3) is 0 Å². The molecule has 0 amide bonds. The first-order valence-corrected chi connectivity index (χ1v) is 14.8. The van der Waals surface area contributed by atoms with Crippen molar-refractivity contribution in [3.63, 3.8) is 0 Å². The number of terminal acetylenes is 1. The zero-order valence-corrected chi connectivity index (χ0v) is 25.3. The van der Waals surface area contributed by atoms with Gasteiger partial charge in [-0.2, -0.15) is 16.9 Å². The van der Waals surface area contributed by atoms with Gasteiger partial charge in [-0.15, -0.1) is 12.3 Å². The Labute approximate surface area is 251 Å². The molecule has 0 saturated carbocycles. The molecule has 4 heterocycles. The fourth-order valence-corrected chi connectivity index (χ4v) is 4.27. The monoisotopic (exact) mass is 587 g/mol. The molecule has 2 aliphatic heterocycles. The fourth-order valence-electron chi connectivity index (χ4n) is 3.85. The van der Waals surface area contributed by atoms with Crippen LogP contribution in [0.15, 0.2) is 59.8 Å². The van der Waals surface area contributed by atoms with Gasteiger partial charge in [-0.05, 0) is 49.8 Å².